The van der Waals surface area contributed by atoms with Gasteiger partial charge in [0.15, 0.2) is 0 Å². The minimum Gasteiger partial charge on any atom is -0.494 e. The molecule has 0 aliphatic carbocycles. The van der Waals surface area contributed by atoms with Gasteiger partial charge < -0.3 is 5.11 Å². The molecule has 0 saturated carbocycles. The second-order valence-electron chi connectivity index (χ2n) is 7.44. The van der Waals surface area contributed by atoms with Crippen LogP contribution in [0, 0.1) is 10.1 Å². The van der Waals surface area contributed by atoms with Gasteiger partial charge in [-0.2, -0.15) is 18.3 Å². The second-order valence-corrected chi connectivity index (χ2v) is 7.44. The highest BCUT2D eigenvalue weighted by Crippen LogP contribution is 2.35. The summed E-state index contributed by atoms with van der Waals surface area (Å²) < 4.78 is 41.4. The molecule has 1 aromatic heterocycles. The summed E-state index contributed by atoms with van der Waals surface area (Å²) >= 11 is 0. The van der Waals surface area contributed by atoms with E-state index in [-0.39, 0.29) is 27.6 Å². The van der Waals surface area contributed by atoms with Crippen LogP contribution in [0.25, 0.3) is 16.5 Å². The number of halogens is 3. The zero-order chi connectivity index (χ0) is 26.0. The molecule has 0 saturated heterocycles. The lowest BCUT2D eigenvalue weighted by molar-refractivity contribution is -0.384. The van der Waals surface area contributed by atoms with E-state index in [0.29, 0.717) is 4.57 Å². The molecule has 1 heterocycles. The van der Waals surface area contributed by atoms with E-state index in [1.165, 1.54) is 42.5 Å². The standard InChI is InChI=1S/C24H15F3N4O5/c25-24(26,27)19-10-3-4-11-20(19)30-22(33)17-9-2-1-8-16(17)18(23(30)34)13-28-29-21(32)14-6-5-7-15(12-14)31(35)36/h1-13,34H,(H,29,32)/b28-13+. The number of rotatable bonds is 5. The number of aromatic nitrogens is 1. The molecule has 3 aromatic carbocycles. The third-order valence-electron chi connectivity index (χ3n) is 5.23. The van der Waals surface area contributed by atoms with Crippen LogP contribution in [0.5, 0.6) is 5.88 Å². The Morgan fingerprint density at radius 2 is 1.69 bits per heavy atom. The van der Waals surface area contributed by atoms with Crippen LogP contribution in [0.2, 0.25) is 0 Å². The summed E-state index contributed by atoms with van der Waals surface area (Å²) in [5, 5.41) is 25.7. The van der Waals surface area contributed by atoms with Crippen LogP contribution in [0.3, 0.4) is 0 Å². The van der Waals surface area contributed by atoms with E-state index in [9.17, 15) is 38.0 Å². The van der Waals surface area contributed by atoms with Gasteiger partial charge in [-0.3, -0.25) is 19.7 Å². The Morgan fingerprint density at radius 1 is 1.03 bits per heavy atom. The number of nitro benzene ring substituents is 1. The predicted octanol–water partition coefficient (Wildman–Crippen LogP) is 4.39. The van der Waals surface area contributed by atoms with Crippen LogP contribution in [0.1, 0.15) is 21.5 Å². The Balaban J connectivity index is 1.81. The number of carbonyl (C=O) groups is 1. The van der Waals surface area contributed by atoms with E-state index in [2.05, 4.69) is 10.5 Å². The normalized spacial score (nSPS) is 11.6. The Hall–Kier alpha value is -5.00. The quantitative estimate of drug-likeness (QED) is 0.241. The summed E-state index contributed by atoms with van der Waals surface area (Å²) in [6.45, 7) is 0. The zero-order valence-electron chi connectivity index (χ0n) is 18.1. The summed E-state index contributed by atoms with van der Waals surface area (Å²) in [4.78, 5) is 35.7. The highest BCUT2D eigenvalue weighted by atomic mass is 19.4. The number of non-ortho nitro benzene ring substituents is 1. The first kappa shape index (κ1) is 24.1. The number of amides is 1. The number of nitrogens with zero attached hydrogens (tertiary/aromatic N) is 3. The molecule has 0 aliphatic rings. The molecule has 0 unspecified atom stereocenters. The van der Waals surface area contributed by atoms with Gasteiger partial charge in [0.2, 0.25) is 5.88 Å². The number of hydrogen-bond donors (Lipinski definition) is 2. The highest BCUT2D eigenvalue weighted by molar-refractivity contribution is 6.02. The van der Waals surface area contributed by atoms with Gasteiger partial charge in [0.1, 0.15) is 0 Å². The Labute approximate surface area is 199 Å². The molecule has 0 bridgehead atoms. The van der Waals surface area contributed by atoms with Crippen LogP contribution < -0.4 is 11.0 Å². The number of alkyl halides is 3. The number of nitrogens with one attached hydrogen (secondary N) is 1. The summed E-state index contributed by atoms with van der Waals surface area (Å²) in [6, 6.07) is 15.0. The van der Waals surface area contributed by atoms with Gasteiger partial charge in [-0.15, -0.1) is 0 Å². The predicted molar refractivity (Wildman–Crippen MR) is 124 cm³/mol. The smallest absolute Gasteiger partial charge is 0.418 e. The molecule has 4 aromatic rings. The summed E-state index contributed by atoms with van der Waals surface area (Å²) in [5.74, 6) is -1.64. The van der Waals surface area contributed by atoms with E-state index in [1.54, 1.807) is 6.07 Å². The van der Waals surface area contributed by atoms with E-state index >= 15 is 0 Å². The fourth-order valence-electron chi connectivity index (χ4n) is 3.60. The maximum atomic E-state index is 13.6. The molecule has 12 heteroatoms. The van der Waals surface area contributed by atoms with Crippen LogP contribution in [-0.2, 0) is 6.18 Å². The third kappa shape index (κ3) is 4.51. The van der Waals surface area contributed by atoms with E-state index in [1.807, 2.05) is 0 Å². The fraction of sp³-hybridized carbons (Fsp3) is 0.0417. The number of nitro groups is 1. The van der Waals surface area contributed by atoms with Crippen LogP contribution in [0.4, 0.5) is 18.9 Å². The Kier molecular flexibility index (Phi) is 6.26. The van der Waals surface area contributed by atoms with Crippen molar-refractivity contribution in [1.29, 1.82) is 0 Å². The molecule has 0 aliphatic heterocycles. The van der Waals surface area contributed by atoms with Gasteiger partial charge in [0.05, 0.1) is 28.0 Å². The molecule has 2 N–H and O–H groups in total. The summed E-state index contributed by atoms with van der Waals surface area (Å²) in [5.41, 5.74) is -0.997. The molecule has 4 rings (SSSR count). The molecule has 0 spiro atoms. The number of pyridine rings is 1. The molecule has 1 amide bonds. The average molecular weight is 496 g/mol. The summed E-state index contributed by atoms with van der Waals surface area (Å²) in [7, 11) is 0. The summed E-state index contributed by atoms with van der Waals surface area (Å²) in [6.07, 6.45) is -3.84. The van der Waals surface area contributed by atoms with Gasteiger partial charge in [0.25, 0.3) is 17.2 Å². The molecule has 9 nitrogen and oxygen atoms in total. The highest BCUT2D eigenvalue weighted by Gasteiger charge is 2.34. The van der Waals surface area contributed by atoms with E-state index < -0.39 is 39.7 Å². The zero-order valence-corrected chi connectivity index (χ0v) is 18.1. The maximum absolute atomic E-state index is 13.6. The topological polar surface area (TPSA) is 127 Å². The van der Waals surface area contributed by atoms with Crippen molar-refractivity contribution in [1.82, 2.24) is 9.99 Å². The van der Waals surface area contributed by atoms with Gasteiger partial charge in [0, 0.05) is 28.5 Å². The number of para-hydroxylation sites is 1. The van der Waals surface area contributed by atoms with Crippen molar-refractivity contribution in [3.05, 3.63) is 110 Å². The molecule has 182 valence electrons. The Bertz CT molecular complexity index is 1600. The number of fused-ring (bicyclic) bond motifs is 1. The molecule has 36 heavy (non-hydrogen) atoms. The van der Waals surface area contributed by atoms with Crippen molar-refractivity contribution in [3.63, 3.8) is 0 Å². The molecule has 0 atom stereocenters. The average Bonchev–Trinajstić information content (AvgIpc) is 2.85. The SMILES string of the molecule is O=C(N/N=C/c1c(O)n(-c2ccccc2C(F)(F)F)c(=O)c2ccccc12)c1cccc([N+](=O)[O-])c1. The monoisotopic (exact) mass is 496 g/mol. The van der Waals surface area contributed by atoms with Crippen LogP contribution in [-0.4, -0.2) is 26.7 Å². The van der Waals surface area contributed by atoms with Crippen molar-refractivity contribution in [2.24, 2.45) is 5.10 Å². The van der Waals surface area contributed by atoms with Crippen molar-refractivity contribution in [3.8, 4) is 11.6 Å². The van der Waals surface area contributed by atoms with Gasteiger partial charge >= 0.3 is 6.18 Å². The lowest BCUT2D eigenvalue weighted by atomic mass is 10.1. The number of hydrazone groups is 1. The first-order valence-electron chi connectivity index (χ1n) is 10.2. The maximum Gasteiger partial charge on any atom is 0.418 e. The minimum absolute atomic E-state index is 0.00117. The number of aromatic hydroxyl groups is 1. The Morgan fingerprint density at radius 3 is 2.39 bits per heavy atom. The fourth-order valence-corrected chi connectivity index (χ4v) is 3.60. The van der Waals surface area contributed by atoms with Crippen molar-refractivity contribution in [2.45, 2.75) is 6.18 Å². The van der Waals surface area contributed by atoms with E-state index in [0.717, 1.165) is 30.5 Å². The number of benzene rings is 3. The molecule has 0 fully saturated rings. The van der Waals surface area contributed by atoms with Crippen LogP contribution >= 0.6 is 0 Å². The minimum atomic E-state index is -4.81. The first-order valence-corrected chi connectivity index (χ1v) is 10.2. The first-order chi connectivity index (χ1) is 17.1. The molecular weight excluding hydrogens is 481 g/mol. The van der Waals surface area contributed by atoms with Gasteiger partial charge in [-0.1, -0.05) is 36.4 Å². The number of hydrogen-bond acceptors (Lipinski definition) is 6. The largest absolute Gasteiger partial charge is 0.494 e. The van der Waals surface area contributed by atoms with Crippen LogP contribution in [0.15, 0.2) is 82.7 Å². The molecule has 0 radical (unpaired) electrons. The van der Waals surface area contributed by atoms with Gasteiger partial charge in [-0.25, -0.2) is 9.99 Å². The lowest BCUT2D eigenvalue weighted by Gasteiger charge is -2.18. The van der Waals surface area contributed by atoms with E-state index in [4.69, 9.17) is 0 Å². The van der Waals surface area contributed by atoms with Crippen molar-refractivity contribution in [2.75, 3.05) is 0 Å². The second kappa shape index (κ2) is 9.33. The number of carbonyl (C=O) groups excluding carboxylic acids is 1. The van der Waals surface area contributed by atoms with Crippen molar-refractivity contribution >= 4 is 28.6 Å². The van der Waals surface area contributed by atoms with Gasteiger partial charge in [-0.05, 0) is 24.3 Å². The third-order valence-corrected chi connectivity index (χ3v) is 5.23. The lowest BCUT2D eigenvalue weighted by Crippen LogP contribution is -2.23. The molecular formula is C24H15F3N4O5. The van der Waals surface area contributed by atoms with Crippen molar-refractivity contribution < 1.29 is 28.0 Å².